The molecule has 8 saturated carbocycles. The van der Waals surface area contributed by atoms with E-state index in [2.05, 4.69) is 10.3 Å². The first-order valence-corrected chi connectivity index (χ1v) is 17.2. The fourth-order valence-electron chi connectivity index (χ4n) is 12.1. The quantitative estimate of drug-likeness (QED) is 0.138. The molecular weight excluding hydrogens is 496 g/mol. The van der Waals surface area contributed by atoms with Crippen LogP contribution in [0.1, 0.15) is 103 Å². The summed E-state index contributed by atoms with van der Waals surface area (Å²) in [6, 6.07) is 0. The lowest BCUT2D eigenvalue weighted by molar-refractivity contribution is 0.308. The van der Waals surface area contributed by atoms with Crippen molar-refractivity contribution in [3.8, 4) is 0 Å². The Kier molecular flexibility index (Phi) is 6.83. The van der Waals surface area contributed by atoms with Crippen LogP contribution in [-0.4, -0.2) is 46.4 Å². The third kappa shape index (κ3) is 4.40. The van der Waals surface area contributed by atoms with E-state index in [4.69, 9.17) is 9.98 Å². The number of oxime groups is 2. The highest BCUT2D eigenvalue weighted by Crippen LogP contribution is 2.54. The second-order valence-corrected chi connectivity index (χ2v) is 15.6. The van der Waals surface area contributed by atoms with Crippen molar-refractivity contribution >= 4 is 22.8 Å². The first kappa shape index (κ1) is 25.9. The Morgan fingerprint density at radius 1 is 0.400 bits per heavy atom. The molecule has 12 atom stereocenters. The zero-order valence-electron chi connectivity index (χ0n) is 24.3. The van der Waals surface area contributed by atoms with Crippen LogP contribution in [-0.2, 0) is 0 Å². The summed E-state index contributed by atoms with van der Waals surface area (Å²) < 4.78 is 0. The second kappa shape index (κ2) is 10.5. The summed E-state index contributed by atoms with van der Waals surface area (Å²) in [5.74, 6) is 7.90. The van der Waals surface area contributed by atoms with Gasteiger partial charge in [-0.3, -0.25) is 9.98 Å². The van der Waals surface area contributed by atoms with Crippen molar-refractivity contribution in [3.05, 3.63) is 0 Å². The molecule has 218 valence electrons. The van der Waals surface area contributed by atoms with Crippen LogP contribution in [0, 0.1) is 71.0 Å². The Morgan fingerprint density at radius 2 is 0.700 bits per heavy atom. The van der Waals surface area contributed by atoms with Crippen LogP contribution in [0.15, 0.2) is 20.3 Å². The zero-order valence-corrected chi connectivity index (χ0v) is 24.3. The zero-order chi connectivity index (χ0) is 26.8. The number of rotatable bonds is 9. The molecule has 8 rings (SSSR count). The predicted molar refractivity (Wildman–Crippen MR) is 159 cm³/mol. The van der Waals surface area contributed by atoms with Crippen LogP contribution < -0.4 is 0 Å². The van der Waals surface area contributed by atoms with Gasteiger partial charge in [0.2, 0.25) is 0 Å². The minimum atomic E-state index is 0.403. The van der Waals surface area contributed by atoms with E-state index < -0.39 is 0 Å². The molecule has 0 aromatic rings. The molecule has 8 bridgehead atoms. The van der Waals surface area contributed by atoms with E-state index >= 15 is 0 Å². The van der Waals surface area contributed by atoms with E-state index in [1.54, 1.807) is 0 Å². The van der Waals surface area contributed by atoms with Crippen molar-refractivity contribution < 1.29 is 10.4 Å². The Labute approximate surface area is 240 Å². The third-order valence-corrected chi connectivity index (χ3v) is 13.8. The topological polar surface area (TPSA) is 89.9 Å². The third-order valence-electron chi connectivity index (χ3n) is 13.8. The highest BCUT2D eigenvalue weighted by Gasteiger charge is 2.49. The van der Waals surface area contributed by atoms with Crippen LogP contribution in [0.2, 0.25) is 0 Å². The van der Waals surface area contributed by atoms with Crippen molar-refractivity contribution in [1.82, 2.24) is 0 Å². The Morgan fingerprint density at radius 3 is 0.925 bits per heavy atom. The Balaban J connectivity index is 1.05. The van der Waals surface area contributed by atoms with E-state index in [1.807, 2.05) is 0 Å². The lowest BCUT2D eigenvalue weighted by atomic mass is 9.76. The van der Waals surface area contributed by atoms with Gasteiger partial charge in [-0.1, -0.05) is 36.0 Å². The predicted octanol–water partition coefficient (Wildman–Crippen LogP) is 7.27. The molecule has 0 heterocycles. The molecule has 0 aromatic heterocycles. The van der Waals surface area contributed by atoms with E-state index in [-0.39, 0.29) is 0 Å². The summed E-state index contributed by atoms with van der Waals surface area (Å²) in [6.45, 7) is 1.31. The van der Waals surface area contributed by atoms with Crippen LogP contribution in [0.5, 0.6) is 0 Å². The number of hydrogen-bond acceptors (Lipinski definition) is 6. The van der Waals surface area contributed by atoms with Crippen molar-refractivity contribution in [2.24, 2.45) is 91.3 Å². The average molecular weight is 547 g/mol. The molecule has 0 aliphatic heterocycles. The molecule has 0 saturated heterocycles. The van der Waals surface area contributed by atoms with Crippen molar-refractivity contribution in [2.75, 3.05) is 13.1 Å². The first-order valence-electron chi connectivity index (χ1n) is 17.2. The maximum atomic E-state index is 10.4. The van der Waals surface area contributed by atoms with E-state index in [9.17, 15) is 10.4 Å². The van der Waals surface area contributed by atoms with Gasteiger partial charge in [0.05, 0.1) is 24.5 Å². The van der Waals surface area contributed by atoms with Gasteiger partial charge in [-0.05, 0) is 124 Å². The van der Waals surface area contributed by atoms with Crippen LogP contribution in [0.4, 0.5) is 0 Å². The second-order valence-electron chi connectivity index (χ2n) is 15.6. The molecule has 8 fully saturated rings. The normalized spacial score (nSPS) is 47.9. The van der Waals surface area contributed by atoms with Crippen molar-refractivity contribution in [3.63, 3.8) is 0 Å². The molecule has 6 heteroatoms. The number of fused-ring (bicyclic) bond motifs is 8. The summed E-state index contributed by atoms with van der Waals surface area (Å²) in [5, 5.41) is 28.8. The lowest BCUT2D eigenvalue weighted by Gasteiger charge is -2.30. The lowest BCUT2D eigenvalue weighted by Crippen LogP contribution is -2.36. The van der Waals surface area contributed by atoms with Gasteiger partial charge >= 0.3 is 0 Å². The van der Waals surface area contributed by atoms with E-state index in [0.29, 0.717) is 48.6 Å². The highest BCUT2D eigenvalue weighted by molar-refractivity contribution is 6.44. The SMILES string of the molecule is ON=C(C(=NCCN=C(C(=NO)C1CC2CCC1C2)C1CC2CCC1C2)C1CC2CCC1C2)C1CC2CCC1C2. The number of hydrogen-bond donors (Lipinski definition) is 2. The number of aliphatic imine (C=N–C) groups is 2. The van der Waals surface area contributed by atoms with Crippen LogP contribution in [0.25, 0.3) is 0 Å². The summed E-state index contributed by atoms with van der Waals surface area (Å²) >= 11 is 0. The maximum absolute atomic E-state index is 10.4. The fraction of sp³-hybridized carbons (Fsp3) is 0.882. The molecule has 0 amide bonds. The molecule has 2 N–H and O–H groups in total. The van der Waals surface area contributed by atoms with Gasteiger partial charge in [-0.2, -0.15) is 0 Å². The van der Waals surface area contributed by atoms with Crippen LogP contribution in [0.3, 0.4) is 0 Å². The monoisotopic (exact) mass is 546 g/mol. The van der Waals surface area contributed by atoms with E-state index in [0.717, 1.165) is 58.4 Å². The Bertz CT molecular complexity index is 1030. The standard InChI is InChI=1S/C34H50N4O2/c39-37-33(29-17-21-3-7-25(29)13-21)31(27-15-19-1-5-23(27)11-19)35-9-10-36-32(28-16-20-2-6-24(28)12-20)34(38-40)30-18-22-4-8-26(30)14-22/h19-30,39-40H,1-18H2. The number of nitrogens with zero attached hydrogens (tertiary/aromatic N) is 4. The minimum absolute atomic E-state index is 0.403. The largest absolute Gasteiger partial charge is 0.411 e. The van der Waals surface area contributed by atoms with Gasteiger partial charge in [-0.25, -0.2) is 0 Å². The fourth-order valence-corrected chi connectivity index (χ4v) is 12.1. The summed E-state index contributed by atoms with van der Waals surface area (Å²) in [5.41, 5.74) is 4.18. The molecule has 8 aliphatic carbocycles. The molecule has 12 unspecified atom stereocenters. The first-order chi connectivity index (χ1) is 19.7. The van der Waals surface area contributed by atoms with Gasteiger partial charge in [0.15, 0.2) is 0 Å². The van der Waals surface area contributed by atoms with E-state index in [1.165, 1.54) is 103 Å². The molecule has 0 aromatic carbocycles. The molecule has 40 heavy (non-hydrogen) atoms. The molecule has 6 nitrogen and oxygen atoms in total. The Hall–Kier alpha value is -1.72. The van der Waals surface area contributed by atoms with Gasteiger partial charge in [0.1, 0.15) is 11.4 Å². The molecular formula is C34H50N4O2. The van der Waals surface area contributed by atoms with Crippen LogP contribution >= 0.6 is 0 Å². The highest BCUT2D eigenvalue weighted by atomic mass is 16.4. The summed E-state index contributed by atoms with van der Waals surface area (Å²) in [4.78, 5) is 10.6. The molecule has 0 spiro atoms. The van der Waals surface area contributed by atoms with Gasteiger partial charge < -0.3 is 10.4 Å². The smallest absolute Gasteiger partial charge is 0.104 e. The van der Waals surface area contributed by atoms with Gasteiger partial charge in [0.25, 0.3) is 0 Å². The average Bonchev–Trinajstić information content (AvgIpc) is 3.84. The van der Waals surface area contributed by atoms with Gasteiger partial charge in [0, 0.05) is 23.7 Å². The van der Waals surface area contributed by atoms with Crippen molar-refractivity contribution in [1.29, 1.82) is 0 Å². The summed E-state index contributed by atoms with van der Waals surface area (Å²) in [7, 11) is 0. The molecule has 8 aliphatic rings. The summed E-state index contributed by atoms with van der Waals surface area (Å²) in [6.07, 6.45) is 20.8. The van der Waals surface area contributed by atoms with Gasteiger partial charge in [-0.15, -0.1) is 0 Å². The van der Waals surface area contributed by atoms with Crippen molar-refractivity contribution in [2.45, 2.75) is 103 Å². The maximum Gasteiger partial charge on any atom is 0.104 e. The minimum Gasteiger partial charge on any atom is -0.411 e. The molecule has 0 radical (unpaired) electrons.